The summed E-state index contributed by atoms with van der Waals surface area (Å²) in [6.07, 6.45) is 0.135. The van der Waals surface area contributed by atoms with Gasteiger partial charge in [-0.15, -0.1) is 12.4 Å². The number of nitrogens with one attached hydrogen (secondary N) is 3. The van der Waals surface area contributed by atoms with Crippen molar-refractivity contribution in [3.8, 4) is 0 Å². The topological polar surface area (TPSA) is 70.2 Å². The molecular formula is C16H23ClFN3O2. The second kappa shape index (κ2) is 9.47. The maximum absolute atomic E-state index is 13.0. The number of amides is 2. The first-order chi connectivity index (χ1) is 10.6. The monoisotopic (exact) mass is 343 g/mol. The highest BCUT2D eigenvalue weighted by atomic mass is 35.5. The Labute approximate surface area is 141 Å². The van der Waals surface area contributed by atoms with Gasteiger partial charge in [0.2, 0.25) is 11.8 Å². The molecule has 1 aliphatic heterocycles. The van der Waals surface area contributed by atoms with Gasteiger partial charge < -0.3 is 16.0 Å². The average Bonchev–Trinajstić information content (AvgIpc) is 2.41. The first-order valence-electron chi connectivity index (χ1n) is 7.56. The fraction of sp³-hybridized carbons (Fsp3) is 0.500. The zero-order valence-electron chi connectivity index (χ0n) is 13.1. The van der Waals surface area contributed by atoms with E-state index >= 15 is 0 Å². The molecule has 1 heterocycles. The molecule has 23 heavy (non-hydrogen) atoms. The Hall–Kier alpha value is -1.66. The minimum Gasteiger partial charge on any atom is -0.354 e. The molecule has 0 spiro atoms. The van der Waals surface area contributed by atoms with Gasteiger partial charge in [-0.3, -0.25) is 9.59 Å². The minimum absolute atomic E-state index is 0. The molecule has 1 aromatic carbocycles. The normalized spacial score (nSPS) is 15.0. The molecule has 1 unspecified atom stereocenters. The molecule has 3 N–H and O–H groups in total. The number of carbonyl (C=O) groups is 2. The van der Waals surface area contributed by atoms with Crippen LogP contribution in [0.1, 0.15) is 12.5 Å². The third-order valence-electron chi connectivity index (χ3n) is 3.93. The van der Waals surface area contributed by atoms with Gasteiger partial charge in [0.25, 0.3) is 0 Å². The van der Waals surface area contributed by atoms with Crippen molar-refractivity contribution in [3.05, 3.63) is 35.6 Å². The first-order valence-corrected chi connectivity index (χ1v) is 7.56. The molecule has 1 aromatic rings. The van der Waals surface area contributed by atoms with Crippen molar-refractivity contribution in [1.82, 2.24) is 16.0 Å². The summed E-state index contributed by atoms with van der Waals surface area (Å²) >= 11 is 0. The second-order valence-corrected chi connectivity index (χ2v) is 5.65. The number of hydrogen-bond acceptors (Lipinski definition) is 3. The Bertz CT molecular complexity index is 538. The van der Waals surface area contributed by atoms with Gasteiger partial charge >= 0.3 is 0 Å². The van der Waals surface area contributed by atoms with Crippen LogP contribution in [-0.4, -0.2) is 38.0 Å². The van der Waals surface area contributed by atoms with Crippen LogP contribution in [0.15, 0.2) is 24.3 Å². The van der Waals surface area contributed by atoms with E-state index in [-0.39, 0.29) is 42.4 Å². The molecule has 2 rings (SSSR count). The standard InChI is InChI=1S/C16H22FN3O2.ClH/c1-11(13-9-18-10-13)16(22)20-6-5-19-15(21)8-12-3-2-4-14(17)7-12;/h2-4,7,11,13,18H,5-6,8-10H2,1H3,(H,19,21)(H,20,22);1H. The molecule has 0 bridgehead atoms. The fourth-order valence-electron chi connectivity index (χ4n) is 2.32. The summed E-state index contributed by atoms with van der Waals surface area (Å²) in [6.45, 7) is 4.47. The van der Waals surface area contributed by atoms with E-state index in [4.69, 9.17) is 0 Å². The van der Waals surface area contributed by atoms with Crippen LogP contribution in [0.5, 0.6) is 0 Å². The predicted molar refractivity (Wildman–Crippen MR) is 88.9 cm³/mol. The van der Waals surface area contributed by atoms with E-state index in [0.29, 0.717) is 24.6 Å². The molecule has 5 nitrogen and oxygen atoms in total. The number of halogens is 2. The van der Waals surface area contributed by atoms with Gasteiger partial charge in [-0.25, -0.2) is 4.39 Å². The Morgan fingerprint density at radius 1 is 1.30 bits per heavy atom. The lowest BCUT2D eigenvalue weighted by Gasteiger charge is -2.31. The van der Waals surface area contributed by atoms with Crippen LogP contribution in [0, 0.1) is 17.7 Å². The lowest BCUT2D eigenvalue weighted by atomic mass is 9.88. The fourth-order valence-corrected chi connectivity index (χ4v) is 2.32. The van der Waals surface area contributed by atoms with Gasteiger partial charge in [-0.2, -0.15) is 0 Å². The quantitative estimate of drug-likeness (QED) is 0.644. The summed E-state index contributed by atoms with van der Waals surface area (Å²) in [5.74, 6) is -0.120. The molecule has 1 fully saturated rings. The van der Waals surface area contributed by atoms with E-state index in [0.717, 1.165) is 13.1 Å². The van der Waals surface area contributed by atoms with E-state index in [1.807, 2.05) is 6.92 Å². The third-order valence-corrected chi connectivity index (χ3v) is 3.93. The maximum atomic E-state index is 13.0. The number of benzene rings is 1. The molecule has 0 radical (unpaired) electrons. The predicted octanol–water partition coefficient (Wildman–Crippen LogP) is 0.878. The van der Waals surface area contributed by atoms with Gasteiger partial charge in [0.15, 0.2) is 0 Å². The molecule has 0 aliphatic carbocycles. The van der Waals surface area contributed by atoms with Crippen molar-refractivity contribution in [1.29, 1.82) is 0 Å². The zero-order chi connectivity index (χ0) is 15.9. The third kappa shape index (κ3) is 6.15. The molecule has 2 amide bonds. The van der Waals surface area contributed by atoms with E-state index < -0.39 is 0 Å². The molecule has 1 saturated heterocycles. The summed E-state index contributed by atoms with van der Waals surface area (Å²) in [5, 5.41) is 8.67. The van der Waals surface area contributed by atoms with Crippen LogP contribution in [0.3, 0.4) is 0 Å². The van der Waals surface area contributed by atoms with Crippen LogP contribution in [0.2, 0.25) is 0 Å². The zero-order valence-corrected chi connectivity index (χ0v) is 13.9. The molecule has 128 valence electrons. The largest absolute Gasteiger partial charge is 0.354 e. The molecule has 7 heteroatoms. The Balaban J connectivity index is 0.00000264. The van der Waals surface area contributed by atoms with E-state index in [9.17, 15) is 14.0 Å². The van der Waals surface area contributed by atoms with Crippen molar-refractivity contribution in [3.63, 3.8) is 0 Å². The Morgan fingerprint density at radius 2 is 2.00 bits per heavy atom. The van der Waals surface area contributed by atoms with Crippen LogP contribution >= 0.6 is 12.4 Å². The SMILES string of the molecule is CC(C(=O)NCCNC(=O)Cc1cccc(F)c1)C1CNC1.Cl. The molecular weight excluding hydrogens is 321 g/mol. The summed E-state index contributed by atoms with van der Waals surface area (Å²) < 4.78 is 13.0. The summed E-state index contributed by atoms with van der Waals surface area (Å²) in [5.41, 5.74) is 0.632. The smallest absolute Gasteiger partial charge is 0.224 e. The van der Waals surface area contributed by atoms with Crippen LogP contribution < -0.4 is 16.0 Å². The lowest BCUT2D eigenvalue weighted by Crippen LogP contribution is -2.50. The van der Waals surface area contributed by atoms with Crippen LogP contribution in [-0.2, 0) is 16.0 Å². The van der Waals surface area contributed by atoms with E-state index in [1.54, 1.807) is 12.1 Å². The second-order valence-electron chi connectivity index (χ2n) is 5.65. The first kappa shape index (κ1) is 19.4. The maximum Gasteiger partial charge on any atom is 0.224 e. The van der Waals surface area contributed by atoms with Crippen molar-refractivity contribution in [2.75, 3.05) is 26.2 Å². The molecule has 1 atom stereocenters. The number of carbonyl (C=O) groups excluding carboxylic acids is 2. The summed E-state index contributed by atoms with van der Waals surface area (Å²) in [7, 11) is 0. The van der Waals surface area contributed by atoms with Crippen molar-refractivity contribution in [2.24, 2.45) is 11.8 Å². The highest BCUT2D eigenvalue weighted by Crippen LogP contribution is 2.15. The van der Waals surface area contributed by atoms with Crippen molar-refractivity contribution < 1.29 is 14.0 Å². The molecule has 1 aliphatic rings. The number of hydrogen-bond donors (Lipinski definition) is 3. The highest BCUT2D eigenvalue weighted by molar-refractivity contribution is 5.85. The highest BCUT2D eigenvalue weighted by Gasteiger charge is 2.28. The Morgan fingerprint density at radius 3 is 2.61 bits per heavy atom. The van der Waals surface area contributed by atoms with Gasteiger partial charge in [0.05, 0.1) is 6.42 Å². The molecule has 0 aromatic heterocycles. The summed E-state index contributed by atoms with van der Waals surface area (Å²) in [6, 6.07) is 5.97. The van der Waals surface area contributed by atoms with Crippen LogP contribution in [0.25, 0.3) is 0 Å². The average molecular weight is 344 g/mol. The van der Waals surface area contributed by atoms with E-state index in [2.05, 4.69) is 16.0 Å². The minimum atomic E-state index is -0.350. The van der Waals surface area contributed by atoms with E-state index in [1.165, 1.54) is 12.1 Å². The summed E-state index contributed by atoms with van der Waals surface area (Å²) in [4.78, 5) is 23.6. The molecule has 0 saturated carbocycles. The number of rotatable bonds is 7. The Kier molecular flexibility index (Phi) is 7.98. The van der Waals surface area contributed by atoms with Gasteiger partial charge in [-0.05, 0) is 36.7 Å². The van der Waals surface area contributed by atoms with Gasteiger partial charge in [-0.1, -0.05) is 19.1 Å². The van der Waals surface area contributed by atoms with Crippen molar-refractivity contribution in [2.45, 2.75) is 13.3 Å². The van der Waals surface area contributed by atoms with Gasteiger partial charge in [0.1, 0.15) is 5.82 Å². The lowest BCUT2D eigenvalue weighted by molar-refractivity contribution is -0.127. The van der Waals surface area contributed by atoms with Crippen molar-refractivity contribution >= 4 is 24.2 Å². The van der Waals surface area contributed by atoms with Gasteiger partial charge in [0, 0.05) is 19.0 Å². The van der Waals surface area contributed by atoms with Crippen LogP contribution in [0.4, 0.5) is 4.39 Å².